The van der Waals surface area contributed by atoms with Crippen molar-refractivity contribution in [2.45, 2.75) is 12.5 Å². The van der Waals surface area contributed by atoms with Gasteiger partial charge in [-0.3, -0.25) is 0 Å². The van der Waals surface area contributed by atoms with Crippen LogP contribution in [0, 0.1) is 0 Å². The summed E-state index contributed by atoms with van der Waals surface area (Å²) in [5.41, 5.74) is 0.595. The van der Waals surface area contributed by atoms with E-state index in [1.807, 2.05) is 18.2 Å². The molecule has 0 fully saturated rings. The summed E-state index contributed by atoms with van der Waals surface area (Å²) in [6.45, 7) is 2.14. The number of benzene rings is 3. The fourth-order valence-electron chi connectivity index (χ4n) is 3.38. The van der Waals surface area contributed by atoms with Gasteiger partial charge < -0.3 is 0 Å². The summed E-state index contributed by atoms with van der Waals surface area (Å²) >= 11 is 7.80. The summed E-state index contributed by atoms with van der Waals surface area (Å²) in [7, 11) is -2.24. The van der Waals surface area contributed by atoms with E-state index in [0.717, 1.165) is 14.3 Å². The maximum Gasteiger partial charge on any atom is 0.252 e. The summed E-state index contributed by atoms with van der Waals surface area (Å²) in [6, 6.07) is 31.5. The van der Waals surface area contributed by atoms with Gasteiger partial charge in [0.05, 0.1) is 4.48 Å². The molecule has 0 spiro atoms. The van der Waals surface area contributed by atoms with Crippen molar-refractivity contribution >= 4 is 50.0 Å². The van der Waals surface area contributed by atoms with E-state index in [9.17, 15) is 0 Å². The van der Waals surface area contributed by atoms with E-state index in [1.165, 1.54) is 10.6 Å². The lowest BCUT2D eigenvalue weighted by molar-refractivity contribution is 0.169. The van der Waals surface area contributed by atoms with Crippen LogP contribution in [-0.2, 0) is 10.1 Å². The molecule has 1 heterocycles. The fraction of sp³-hybridized carbons (Fsp3) is 0.0909. The SMILES string of the molecule is CC1(c2ccccc2)O[P+](c2ccccc2)(c2ccccc2)C(Br)=C1Br. The number of hydrogen-bond acceptors (Lipinski definition) is 1. The van der Waals surface area contributed by atoms with Gasteiger partial charge in [0.2, 0.25) is 0 Å². The Morgan fingerprint density at radius 3 is 1.58 bits per heavy atom. The van der Waals surface area contributed by atoms with Crippen molar-refractivity contribution in [3.05, 3.63) is 105 Å². The molecule has 26 heavy (non-hydrogen) atoms. The first-order chi connectivity index (χ1) is 12.6. The van der Waals surface area contributed by atoms with Gasteiger partial charge in [-0.2, -0.15) is 0 Å². The molecule has 1 aliphatic rings. The normalized spacial score (nSPS) is 21.8. The molecule has 4 heteroatoms. The van der Waals surface area contributed by atoms with Gasteiger partial charge in [0.15, 0.2) is 9.82 Å². The van der Waals surface area contributed by atoms with Gasteiger partial charge in [-0.25, -0.2) is 4.52 Å². The van der Waals surface area contributed by atoms with Crippen LogP contribution in [0.2, 0.25) is 0 Å². The topological polar surface area (TPSA) is 9.23 Å². The third-order valence-corrected chi connectivity index (χ3v) is 12.1. The molecule has 0 aromatic heterocycles. The van der Waals surface area contributed by atoms with E-state index < -0.39 is 13.1 Å². The Balaban J connectivity index is 1.97. The number of halogens is 2. The molecule has 0 aliphatic carbocycles. The molecule has 1 unspecified atom stereocenters. The van der Waals surface area contributed by atoms with Crippen molar-refractivity contribution < 1.29 is 4.52 Å². The quantitative estimate of drug-likeness (QED) is 0.383. The smallest absolute Gasteiger partial charge is 0.205 e. The van der Waals surface area contributed by atoms with Gasteiger partial charge in [0, 0.05) is 0 Å². The highest BCUT2D eigenvalue weighted by Gasteiger charge is 2.63. The highest BCUT2D eigenvalue weighted by molar-refractivity contribution is 9.15. The maximum absolute atomic E-state index is 7.06. The second-order valence-electron chi connectivity index (χ2n) is 6.38. The molecule has 1 atom stereocenters. The van der Waals surface area contributed by atoms with E-state index in [2.05, 4.69) is 112 Å². The monoisotopic (exact) mass is 487 g/mol. The van der Waals surface area contributed by atoms with E-state index in [0.29, 0.717) is 0 Å². The van der Waals surface area contributed by atoms with E-state index in [-0.39, 0.29) is 0 Å². The van der Waals surface area contributed by atoms with Crippen LogP contribution >= 0.6 is 39.3 Å². The van der Waals surface area contributed by atoms with Crippen LogP contribution in [0.5, 0.6) is 0 Å². The average molecular weight is 489 g/mol. The van der Waals surface area contributed by atoms with Gasteiger partial charge in [0.25, 0.3) is 7.49 Å². The van der Waals surface area contributed by atoms with Gasteiger partial charge in [0.1, 0.15) is 10.6 Å². The van der Waals surface area contributed by atoms with Gasteiger partial charge >= 0.3 is 0 Å². The predicted molar refractivity (Wildman–Crippen MR) is 119 cm³/mol. The third kappa shape index (κ3) is 2.73. The van der Waals surface area contributed by atoms with Crippen LogP contribution in [0.15, 0.2) is 99.7 Å². The molecule has 1 nitrogen and oxygen atoms in total. The molecule has 4 rings (SSSR count). The Hall–Kier alpha value is -1.25. The first-order valence-corrected chi connectivity index (χ1v) is 11.7. The summed E-state index contributed by atoms with van der Waals surface area (Å²) in [6.07, 6.45) is 0. The van der Waals surface area contributed by atoms with Crippen LogP contribution < -0.4 is 10.6 Å². The van der Waals surface area contributed by atoms with Crippen molar-refractivity contribution in [3.8, 4) is 0 Å². The molecule has 0 saturated carbocycles. The second-order valence-corrected chi connectivity index (χ2v) is 11.5. The fourth-order valence-corrected chi connectivity index (χ4v) is 9.85. The zero-order valence-electron chi connectivity index (χ0n) is 14.3. The van der Waals surface area contributed by atoms with Crippen molar-refractivity contribution in [3.63, 3.8) is 0 Å². The average Bonchev–Trinajstić information content (AvgIpc) is 2.93. The molecule has 3 aromatic rings. The van der Waals surface area contributed by atoms with Crippen molar-refractivity contribution in [2.75, 3.05) is 0 Å². The van der Waals surface area contributed by atoms with Crippen LogP contribution in [0.1, 0.15) is 12.5 Å². The lowest BCUT2D eigenvalue weighted by atomic mass is 9.96. The van der Waals surface area contributed by atoms with Crippen LogP contribution in [0.4, 0.5) is 0 Å². The Morgan fingerprint density at radius 1 is 0.692 bits per heavy atom. The Kier molecular flexibility index (Phi) is 4.92. The Bertz CT molecular complexity index is 902. The minimum absolute atomic E-state index is 0.542. The first-order valence-electron chi connectivity index (χ1n) is 8.42. The van der Waals surface area contributed by atoms with Gasteiger partial charge in [-0.1, -0.05) is 66.7 Å². The van der Waals surface area contributed by atoms with Crippen molar-refractivity contribution in [1.82, 2.24) is 0 Å². The standard InChI is InChI=1S/C22H18Br2OP/c1-22(17-11-5-2-6-12-17)20(23)21(24)26(25-22,18-13-7-3-8-14-18)19-15-9-4-10-16-19/h2-16H,1H3/q+1. The van der Waals surface area contributed by atoms with Crippen LogP contribution in [0.3, 0.4) is 0 Å². The van der Waals surface area contributed by atoms with E-state index in [4.69, 9.17) is 4.52 Å². The summed E-state index contributed by atoms with van der Waals surface area (Å²) in [5.74, 6) is 0. The molecule has 0 bridgehead atoms. The number of hydrogen-bond donors (Lipinski definition) is 0. The molecule has 0 N–H and O–H groups in total. The first kappa shape index (κ1) is 18.1. The highest BCUT2D eigenvalue weighted by Crippen LogP contribution is 2.77. The molecule has 3 aromatic carbocycles. The predicted octanol–water partition coefficient (Wildman–Crippen LogP) is 6.47. The zero-order valence-corrected chi connectivity index (χ0v) is 18.3. The van der Waals surface area contributed by atoms with Crippen molar-refractivity contribution in [1.29, 1.82) is 0 Å². The minimum Gasteiger partial charge on any atom is -0.205 e. The van der Waals surface area contributed by atoms with E-state index >= 15 is 0 Å². The Morgan fingerprint density at radius 2 is 1.12 bits per heavy atom. The number of rotatable bonds is 3. The Labute approximate surface area is 171 Å². The summed E-state index contributed by atoms with van der Waals surface area (Å²) < 4.78 is 9.22. The maximum atomic E-state index is 7.06. The van der Waals surface area contributed by atoms with Gasteiger partial charge in [-0.15, -0.1) is 0 Å². The molecule has 130 valence electrons. The largest absolute Gasteiger partial charge is 0.252 e. The molecule has 0 saturated heterocycles. The highest BCUT2D eigenvalue weighted by atomic mass is 79.9. The lowest BCUT2D eigenvalue weighted by Gasteiger charge is -2.27. The third-order valence-electron chi connectivity index (χ3n) is 4.76. The van der Waals surface area contributed by atoms with Crippen molar-refractivity contribution in [2.24, 2.45) is 0 Å². The summed E-state index contributed by atoms with van der Waals surface area (Å²) in [4.78, 5) is 0. The second kappa shape index (κ2) is 7.05. The molecule has 0 amide bonds. The zero-order chi connectivity index (χ0) is 18.2. The van der Waals surface area contributed by atoms with Crippen LogP contribution in [0.25, 0.3) is 0 Å². The molecular formula is C22H18Br2OP+. The molecule has 1 aliphatic heterocycles. The minimum atomic E-state index is -2.24. The lowest BCUT2D eigenvalue weighted by Crippen LogP contribution is -2.28. The molecular weight excluding hydrogens is 471 g/mol. The van der Waals surface area contributed by atoms with Gasteiger partial charge in [-0.05, 0) is 68.6 Å². The summed E-state index contributed by atoms with van der Waals surface area (Å²) in [5, 5.41) is 2.41. The van der Waals surface area contributed by atoms with Crippen LogP contribution in [-0.4, -0.2) is 0 Å². The van der Waals surface area contributed by atoms with E-state index in [1.54, 1.807) is 0 Å². The molecule has 0 radical (unpaired) electrons.